The van der Waals surface area contributed by atoms with Crippen molar-refractivity contribution in [2.45, 2.75) is 25.3 Å². The van der Waals surface area contributed by atoms with Gasteiger partial charge in [-0.05, 0) is 30.9 Å². The number of likely N-dealkylation sites (N-methyl/N-ethyl adjacent to an activating group) is 1. The predicted octanol–water partition coefficient (Wildman–Crippen LogP) is 1.09. The smallest absolute Gasteiger partial charge is 0.324 e. The molecule has 8 heteroatoms. The summed E-state index contributed by atoms with van der Waals surface area (Å²) in [5.41, 5.74) is 3.40. The van der Waals surface area contributed by atoms with Crippen LogP contribution in [0.25, 0.3) is 0 Å². The Balaban J connectivity index is 1.26. The molecular formula is C17H21N7O. The summed E-state index contributed by atoms with van der Waals surface area (Å²) in [6.07, 6.45) is 7.14. The third-order valence-electron chi connectivity index (χ3n) is 5.48. The molecule has 0 spiro atoms. The van der Waals surface area contributed by atoms with Gasteiger partial charge in [-0.1, -0.05) is 0 Å². The number of aromatic nitrogens is 4. The lowest BCUT2D eigenvalue weighted by atomic mass is 10.1. The fourth-order valence-electron chi connectivity index (χ4n) is 3.84. The van der Waals surface area contributed by atoms with Gasteiger partial charge < -0.3 is 9.80 Å². The molecule has 1 aliphatic carbocycles. The highest BCUT2D eigenvalue weighted by Gasteiger charge is 2.33. The van der Waals surface area contributed by atoms with Crippen LogP contribution in [0.3, 0.4) is 0 Å². The Bertz CT molecular complexity index is 826. The second kappa shape index (κ2) is 5.44. The minimum Gasteiger partial charge on any atom is -0.351 e. The molecule has 2 aliphatic heterocycles. The summed E-state index contributed by atoms with van der Waals surface area (Å²) < 4.78 is 1.97. The Morgan fingerprint density at radius 1 is 1.16 bits per heavy atom. The minimum atomic E-state index is 0.0446. The van der Waals surface area contributed by atoms with Crippen LogP contribution in [0.4, 0.5) is 16.3 Å². The van der Waals surface area contributed by atoms with E-state index in [-0.39, 0.29) is 6.03 Å². The van der Waals surface area contributed by atoms with Gasteiger partial charge in [0.2, 0.25) is 0 Å². The van der Waals surface area contributed by atoms with E-state index in [1.165, 1.54) is 12.0 Å². The first-order valence-corrected chi connectivity index (χ1v) is 8.86. The minimum absolute atomic E-state index is 0.0446. The van der Waals surface area contributed by atoms with Crippen molar-refractivity contribution in [3.05, 3.63) is 29.7 Å². The number of rotatable bonds is 3. The van der Waals surface area contributed by atoms with Crippen LogP contribution >= 0.6 is 0 Å². The molecule has 0 aromatic carbocycles. The number of aryl methyl sites for hydroxylation is 2. The first-order valence-electron chi connectivity index (χ1n) is 8.86. The highest BCUT2D eigenvalue weighted by atomic mass is 16.2. The van der Waals surface area contributed by atoms with Crippen molar-refractivity contribution in [2.75, 3.05) is 43.0 Å². The second-order valence-corrected chi connectivity index (χ2v) is 7.12. The van der Waals surface area contributed by atoms with E-state index in [9.17, 15) is 4.79 Å². The molecule has 0 radical (unpaired) electrons. The van der Waals surface area contributed by atoms with Gasteiger partial charge in [-0.3, -0.25) is 9.58 Å². The topological polar surface area (TPSA) is 70.4 Å². The Kier molecular flexibility index (Phi) is 3.19. The highest BCUT2D eigenvalue weighted by molar-refractivity contribution is 5.93. The second-order valence-electron chi connectivity index (χ2n) is 7.12. The maximum Gasteiger partial charge on any atom is 0.324 e. The quantitative estimate of drug-likeness (QED) is 0.837. The van der Waals surface area contributed by atoms with Crippen molar-refractivity contribution in [3.63, 3.8) is 0 Å². The third kappa shape index (κ3) is 2.35. The van der Waals surface area contributed by atoms with Gasteiger partial charge in [-0.2, -0.15) is 10.2 Å². The van der Waals surface area contributed by atoms with Crippen molar-refractivity contribution in [1.82, 2.24) is 24.9 Å². The van der Waals surface area contributed by atoms with Crippen LogP contribution in [0.2, 0.25) is 0 Å². The fraction of sp³-hybridized carbons (Fsp3) is 0.529. The van der Waals surface area contributed by atoms with Gasteiger partial charge in [0, 0.05) is 39.4 Å². The number of carbonyl (C=O) groups excluding carboxylic acids is 1. The molecule has 2 saturated heterocycles. The van der Waals surface area contributed by atoms with Gasteiger partial charge in [-0.25, -0.2) is 4.79 Å². The molecule has 0 N–H and O–H groups in total. The zero-order chi connectivity index (χ0) is 17.0. The normalized spacial score (nSPS) is 20.4. The van der Waals surface area contributed by atoms with Crippen LogP contribution in [-0.4, -0.2) is 64.1 Å². The molecule has 4 heterocycles. The monoisotopic (exact) mass is 339 g/mol. The van der Waals surface area contributed by atoms with E-state index in [1.54, 1.807) is 16.0 Å². The number of fused-ring (bicyclic) bond motifs is 1. The molecule has 2 aromatic rings. The van der Waals surface area contributed by atoms with Crippen molar-refractivity contribution >= 4 is 17.5 Å². The van der Waals surface area contributed by atoms with E-state index >= 15 is 0 Å². The summed E-state index contributed by atoms with van der Waals surface area (Å²) in [7, 11) is 1.83. The van der Waals surface area contributed by atoms with Gasteiger partial charge in [0.15, 0.2) is 5.82 Å². The average molecular weight is 339 g/mol. The summed E-state index contributed by atoms with van der Waals surface area (Å²) in [4.78, 5) is 17.8. The van der Waals surface area contributed by atoms with Gasteiger partial charge in [0.25, 0.3) is 0 Å². The van der Waals surface area contributed by atoms with Gasteiger partial charge >= 0.3 is 6.03 Å². The van der Waals surface area contributed by atoms with Crippen molar-refractivity contribution in [2.24, 2.45) is 0 Å². The summed E-state index contributed by atoms with van der Waals surface area (Å²) in [5.74, 6) is 0.973. The predicted molar refractivity (Wildman–Crippen MR) is 92.9 cm³/mol. The van der Waals surface area contributed by atoms with Crippen LogP contribution in [-0.2, 0) is 12.8 Å². The van der Waals surface area contributed by atoms with Gasteiger partial charge in [-0.15, -0.1) is 5.10 Å². The molecular weight excluding hydrogens is 318 g/mol. The molecule has 0 bridgehead atoms. The summed E-state index contributed by atoms with van der Waals surface area (Å²) in [5, 5.41) is 13.2. The molecule has 8 nitrogen and oxygen atoms in total. The molecule has 3 aliphatic rings. The Labute approximate surface area is 146 Å². The molecule has 0 atom stereocenters. The SMILES string of the molecule is CN1CCN(c2cnn(C3CN(c4cc5c(nn4)CCC5)C3)c2)C1=O. The van der Waals surface area contributed by atoms with Crippen molar-refractivity contribution in [3.8, 4) is 0 Å². The zero-order valence-corrected chi connectivity index (χ0v) is 14.3. The lowest BCUT2D eigenvalue weighted by Crippen LogP contribution is -2.48. The zero-order valence-electron chi connectivity index (χ0n) is 14.3. The van der Waals surface area contributed by atoms with Crippen LogP contribution in [0.1, 0.15) is 23.7 Å². The van der Waals surface area contributed by atoms with E-state index in [0.717, 1.165) is 56.2 Å². The van der Waals surface area contributed by atoms with Crippen LogP contribution < -0.4 is 9.80 Å². The molecule has 0 saturated carbocycles. The van der Waals surface area contributed by atoms with E-state index in [4.69, 9.17) is 0 Å². The lowest BCUT2D eigenvalue weighted by molar-refractivity contribution is 0.229. The molecule has 2 amide bonds. The first-order chi connectivity index (χ1) is 12.2. The first kappa shape index (κ1) is 14.7. The van der Waals surface area contributed by atoms with Crippen LogP contribution in [0.15, 0.2) is 18.5 Å². The molecule has 2 fully saturated rings. The van der Waals surface area contributed by atoms with Crippen molar-refractivity contribution < 1.29 is 4.79 Å². The maximum atomic E-state index is 12.1. The molecule has 5 rings (SSSR count). The third-order valence-corrected chi connectivity index (χ3v) is 5.48. The maximum absolute atomic E-state index is 12.1. The van der Waals surface area contributed by atoms with Crippen molar-refractivity contribution in [1.29, 1.82) is 0 Å². The largest absolute Gasteiger partial charge is 0.351 e. The van der Waals surface area contributed by atoms with Crippen LogP contribution in [0.5, 0.6) is 0 Å². The number of anilines is 2. The number of nitrogens with zero attached hydrogens (tertiary/aromatic N) is 7. The van der Waals surface area contributed by atoms with E-state index in [1.807, 2.05) is 17.9 Å². The summed E-state index contributed by atoms with van der Waals surface area (Å²) >= 11 is 0. The number of hydrogen-bond donors (Lipinski definition) is 0. The van der Waals surface area contributed by atoms with Gasteiger partial charge in [0.05, 0.1) is 23.6 Å². The van der Waals surface area contributed by atoms with Gasteiger partial charge in [0.1, 0.15) is 0 Å². The Morgan fingerprint density at radius 3 is 2.84 bits per heavy atom. The Hall–Kier alpha value is -2.64. The lowest BCUT2D eigenvalue weighted by Gasteiger charge is -2.39. The number of urea groups is 1. The van der Waals surface area contributed by atoms with E-state index in [0.29, 0.717) is 6.04 Å². The van der Waals surface area contributed by atoms with E-state index in [2.05, 4.69) is 26.3 Å². The highest BCUT2D eigenvalue weighted by Crippen LogP contribution is 2.30. The van der Waals surface area contributed by atoms with E-state index < -0.39 is 0 Å². The number of hydrogen-bond acceptors (Lipinski definition) is 5. The molecule has 130 valence electrons. The summed E-state index contributed by atoms with van der Waals surface area (Å²) in [6.45, 7) is 3.24. The fourth-order valence-corrected chi connectivity index (χ4v) is 3.84. The number of amides is 2. The number of carbonyl (C=O) groups is 1. The molecule has 2 aromatic heterocycles. The molecule has 0 unspecified atom stereocenters. The molecule has 25 heavy (non-hydrogen) atoms. The standard InChI is InChI=1S/C17H21N7O/c1-21-5-6-23(17(21)25)13-8-18-24(11-13)14-9-22(10-14)16-7-12-3-2-4-15(12)19-20-16/h7-8,11,14H,2-6,9-10H2,1H3. The Morgan fingerprint density at radius 2 is 2.04 bits per heavy atom. The summed E-state index contributed by atoms with van der Waals surface area (Å²) in [6, 6.07) is 2.56. The average Bonchev–Trinajstić information content (AvgIpc) is 3.28. The van der Waals surface area contributed by atoms with Crippen LogP contribution in [0, 0.1) is 0 Å².